The van der Waals surface area contributed by atoms with Gasteiger partial charge in [-0.2, -0.15) is 0 Å². The summed E-state index contributed by atoms with van der Waals surface area (Å²) in [5.74, 6) is 0.881. The van der Waals surface area contributed by atoms with Gasteiger partial charge in [0.2, 0.25) is 0 Å². The van der Waals surface area contributed by atoms with Crippen molar-refractivity contribution in [1.29, 1.82) is 0 Å². The second-order valence-electron chi connectivity index (χ2n) is 9.40. The van der Waals surface area contributed by atoms with Gasteiger partial charge in [0.05, 0.1) is 13.1 Å². The van der Waals surface area contributed by atoms with Gasteiger partial charge in [-0.15, -0.1) is 0 Å². The maximum Gasteiger partial charge on any atom is 0.149 e. The van der Waals surface area contributed by atoms with Crippen molar-refractivity contribution in [2.24, 2.45) is 5.92 Å². The van der Waals surface area contributed by atoms with Crippen LogP contribution < -0.4 is 0 Å². The number of hydrogen-bond donors (Lipinski definition) is 0. The van der Waals surface area contributed by atoms with Crippen molar-refractivity contribution in [3.8, 4) is 0 Å². The first-order chi connectivity index (χ1) is 13.8. The largest absolute Gasteiger partial charge is 0.298 e. The Morgan fingerprint density at radius 2 is 1.24 bits per heavy atom. The molecule has 0 N–H and O–H groups in total. The lowest BCUT2D eigenvalue weighted by molar-refractivity contribution is -0.124. The molecule has 0 bridgehead atoms. The second kappa shape index (κ2) is 12.1. The molecule has 2 aliphatic heterocycles. The molecule has 0 aromatic heterocycles. The van der Waals surface area contributed by atoms with Gasteiger partial charge in [0.25, 0.3) is 0 Å². The van der Waals surface area contributed by atoms with Crippen LogP contribution in [0.2, 0.25) is 0 Å². The summed E-state index contributed by atoms with van der Waals surface area (Å²) in [7, 11) is 0. The van der Waals surface area contributed by atoms with Crippen LogP contribution in [0.15, 0.2) is 0 Å². The fourth-order valence-corrected chi connectivity index (χ4v) is 4.37. The minimum Gasteiger partial charge on any atom is -0.298 e. The quantitative estimate of drug-likeness (QED) is 0.521. The van der Waals surface area contributed by atoms with Gasteiger partial charge in [-0.05, 0) is 33.6 Å². The Balaban J connectivity index is 1.63. The van der Waals surface area contributed by atoms with Gasteiger partial charge in [-0.25, -0.2) is 0 Å². The van der Waals surface area contributed by atoms with E-state index in [1.807, 2.05) is 6.92 Å². The Morgan fingerprint density at radius 3 is 1.76 bits per heavy atom. The predicted molar refractivity (Wildman–Crippen MR) is 119 cm³/mol. The molecule has 2 fully saturated rings. The number of Topliss-reactive ketones (excluding diaryl/α,β-unsaturated/α-hetero) is 2. The molecule has 6 heteroatoms. The molecule has 0 aromatic rings. The first-order valence-corrected chi connectivity index (χ1v) is 11.8. The minimum absolute atomic E-state index is 0.143. The minimum atomic E-state index is 0.143. The molecule has 2 aliphatic rings. The lowest BCUT2D eigenvalue weighted by atomic mass is 9.96. The van der Waals surface area contributed by atoms with E-state index >= 15 is 0 Å². The Bertz CT molecular complexity index is 509. The zero-order valence-corrected chi connectivity index (χ0v) is 19.5. The predicted octanol–water partition coefficient (Wildman–Crippen LogP) is 1.98. The topological polar surface area (TPSA) is 47.1 Å². The van der Waals surface area contributed by atoms with E-state index in [-0.39, 0.29) is 5.92 Å². The van der Waals surface area contributed by atoms with Crippen LogP contribution in [-0.2, 0) is 9.59 Å². The molecule has 0 amide bonds. The molecular formula is C23H44N4O2. The van der Waals surface area contributed by atoms with Gasteiger partial charge in [0.1, 0.15) is 11.6 Å². The van der Waals surface area contributed by atoms with E-state index in [9.17, 15) is 9.59 Å². The number of carbonyl (C=O) groups excluding carboxylic acids is 2. The Hall–Kier alpha value is -0.820. The molecule has 2 heterocycles. The molecule has 2 rings (SSSR count). The van der Waals surface area contributed by atoms with Gasteiger partial charge in [-0.1, -0.05) is 13.8 Å². The van der Waals surface area contributed by atoms with Crippen LogP contribution in [0.4, 0.5) is 0 Å². The van der Waals surface area contributed by atoms with Crippen LogP contribution in [0, 0.1) is 5.92 Å². The molecule has 0 saturated carbocycles. The highest BCUT2D eigenvalue weighted by Gasteiger charge is 2.25. The molecule has 29 heavy (non-hydrogen) atoms. The molecule has 0 aliphatic carbocycles. The summed E-state index contributed by atoms with van der Waals surface area (Å²) in [5, 5.41) is 0. The third kappa shape index (κ3) is 8.08. The fraction of sp³-hybridized carbons (Fsp3) is 0.913. The van der Waals surface area contributed by atoms with Gasteiger partial charge >= 0.3 is 0 Å². The summed E-state index contributed by atoms with van der Waals surface area (Å²) in [6, 6.07) is 1.10. The van der Waals surface area contributed by atoms with E-state index < -0.39 is 0 Å². The van der Waals surface area contributed by atoms with E-state index in [1.54, 1.807) is 0 Å². The van der Waals surface area contributed by atoms with Crippen molar-refractivity contribution in [2.45, 2.75) is 66.0 Å². The zero-order chi connectivity index (χ0) is 21.4. The third-order valence-corrected chi connectivity index (χ3v) is 6.91. The maximum absolute atomic E-state index is 12.7. The van der Waals surface area contributed by atoms with E-state index in [4.69, 9.17) is 0 Å². The number of rotatable bonds is 11. The molecular weight excluding hydrogens is 364 g/mol. The molecule has 6 nitrogen and oxygen atoms in total. The Labute approximate surface area is 178 Å². The van der Waals surface area contributed by atoms with Gasteiger partial charge in [0, 0.05) is 76.8 Å². The molecule has 0 spiro atoms. The number of hydrogen-bond acceptors (Lipinski definition) is 6. The van der Waals surface area contributed by atoms with Crippen molar-refractivity contribution < 1.29 is 9.59 Å². The van der Waals surface area contributed by atoms with Crippen LogP contribution in [-0.4, -0.2) is 109 Å². The van der Waals surface area contributed by atoms with Gasteiger partial charge in [0.15, 0.2) is 0 Å². The van der Waals surface area contributed by atoms with Crippen molar-refractivity contribution in [3.05, 3.63) is 0 Å². The van der Waals surface area contributed by atoms with E-state index in [2.05, 4.69) is 47.3 Å². The van der Waals surface area contributed by atoms with E-state index in [1.165, 1.54) is 0 Å². The standard InChI is InChI=1S/C23H44N4O2/c1-6-22(28)17-24-11-15-27(16-12-24)21(5)8-7-20(4)23(29)18-25-9-13-26(14-10-25)19(2)3/h19-21H,6-18H2,1-5H3. The zero-order valence-electron chi connectivity index (χ0n) is 19.5. The van der Waals surface area contributed by atoms with Crippen molar-refractivity contribution >= 4 is 11.6 Å². The third-order valence-electron chi connectivity index (χ3n) is 6.91. The summed E-state index contributed by atoms with van der Waals surface area (Å²) in [5.41, 5.74) is 0. The average Bonchev–Trinajstić information content (AvgIpc) is 2.72. The van der Waals surface area contributed by atoms with Crippen molar-refractivity contribution in [2.75, 3.05) is 65.4 Å². The Kier molecular flexibility index (Phi) is 10.2. The Morgan fingerprint density at radius 1 is 0.724 bits per heavy atom. The number of piperazine rings is 2. The lowest BCUT2D eigenvalue weighted by Crippen LogP contribution is -2.51. The van der Waals surface area contributed by atoms with Crippen LogP contribution in [0.25, 0.3) is 0 Å². The van der Waals surface area contributed by atoms with Crippen LogP contribution in [0.5, 0.6) is 0 Å². The first kappa shape index (κ1) is 24.4. The van der Waals surface area contributed by atoms with E-state index in [0.717, 1.165) is 65.2 Å². The second-order valence-corrected chi connectivity index (χ2v) is 9.40. The molecule has 0 aromatic carbocycles. The molecule has 168 valence electrons. The summed E-state index contributed by atoms with van der Waals surface area (Å²) in [4.78, 5) is 33.9. The number of nitrogens with zero attached hydrogens (tertiary/aromatic N) is 4. The highest BCUT2D eigenvalue weighted by molar-refractivity contribution is 5.82. The SMILES string of the molecule is CCC(=O)CN1CCN(C(C)CCC(C)C(=O)CN2CCN(C(C)C)CC2)CC1. The average molecular weight is 409 g/mol. The van der Waals surface area contributed by atoms with E-state index in [0.29, 0.717) is 43.2 Å². The van der Waals surface area contributed by atoms with Crippen molar-refractivity contribution in [1.82, 2.24) is 19.6 Å². The summed E-state index contributed by atoms with van der Waals surface area (Å²) >= 11 is 0. The molecule has 0 radical (unpaired) electrons. The number of carbonyl (C=O) groups is 2. The maximum atomic E-state index is 12.7. The summed E-state index contributed by atoms with van der Waals surface area (Å²) in [6.45, 7) is 20.2. The molecule has 2 atom stereocenters. The van der Waals surface area contributed by atoms with Gasteiger partial charge in [-0.3, -0.25) is 29.2 Å². The smallest absolute Gasteiger partial charge is 0.149 e. The monoisotopic (exact) mass is 408 g/mol. The first-order valence-electron chi connectivity index (χ1n) is 11.8. The molecule has 2 saturated heterocycles. The van der Waals surface area contributed by atoms with Crippen LogP contribution >= 0.6 is 0 Å². The van der Waals surface area contributed by atoms with Crippen LogP contribution in [0.1, 0.15) is 53.9 Å². The lowest BCUT2D eigenvalue weighted by Gasteiger charge is -2.38. The summed E-state index contributed by atoms with van der Waals surface area (Å²) < 4.78 is 0. The van der Waals surface area contributed by atoms with Crippen LogP contribution in [0.3, 0.4) is 0 Å². The van der Waals surface area contributed by atoms with Crippen molar-refractivity contribution in [3.63, 3.8) is 0 Å². The molecule has 2 unspecified atom stereocenters. The highest BCUT2D eigenvalue weighted by atomic mass is 16.1. The fourth-order valence-electron chi connectivity index (χ4n) is 4.37. The number of ketones is 2. The summed E-state index contributed by atoms with van der Waals surface area (Å²) in [6.07, 6.45) is 2.68. The highest BCUT2D eigenvalue weighted by Crippen LogP contribution is 2.16. The van der Waals surface area contributed by atoms with Gasteiger partial charge < -0.3 is 0 Å². The normalized spacial score (nSPS) is 22.7.